The number of fused-ring (bicyclic) bond motifs is 1. The lowest BCUT2D eigenvalue weighted by Gasteiger charge is -2.08. The Balaban J connectivity index is 1.58. The van der Waals surface area contributed by atoms with Crippen LogP contribution in [0.3, 0.4) is 0 Å². The van der Waals surface area contributed by atoms with E-state index in [-0.39, 0.29) is 10.7 Å². The van der Waals surface area contributed by atoms with Gasteiger partial charge >= 0.3 is 0 Å². The number of sulfonamides is 1. The van der Waals surface area contributed by atoms with E-state index < -0.39 is 10.0 Å². The number of aromatic nitrogens is 3. The molecule has 0 aliphatic heterocycles. The molecule has 4 rings (SSSR count). The molecule has 136 valence electrons. The minimum Gasteiger partial charge on any atom is -0.276 e. The molecule has 8 heteroatoms. The van der Waals surface area contributed by atoms with Crippen LogP contribution in [0.1, 0.15) is 5.56 Å². The smallest absolute Gasteiger partial charge is 0.264 e. The minimum atomic E-state index is -3.82. The van der Waals surface area contributed by atoms with Crippen molar-refractivity contribution >= 4 is 26.6 Å². The summed E-state index contributed by atoms with van der Waals surface area (Å²) in [6.45, 7) is 0.401. The van der Waals surface area contributed by atoms with E-state index in [2.05, 4.69) is 14.8 Å². The van der Waals surface area contributed by atoms with Crippen LogP contribution in [0.25, 0.3) is 10.9 Å². The lowest BCUT2D eigenvalue weighted by molar-refractivity contribution is 0.602. The number of nitrogens with zero attached hydrogens (tertiary/aromatic N) is 3. The third-order valence-corrected chi connectivity index (χ3v) is 5.44. The van der Waals surface area contributed by atoms with Gasteiger partial charge in [0.05, 0.1) is 23.9 Å². The molecule has 2 aromatic heterocycles. The van der Waals surface area contributed by atoms with E-state index in [1.165, 1.54) is 24.4 Å². The van der Waals surface area contributed by atoms with Crippen LogP contribution in [0, 0.1) is 5.82 Å². The van der Waals surface area contributed by atoms with Crippen LogP contribution in [-0.4, -0.2) is 23.2 Å². The van der Waals surface area contributed by atoms with E-state index in [1.807, 2.05) is 12.1 Å². The van der Waals surface area contributed by atoms with Crippen LogP contribution in [0.4, 0.5) is 10.1 Å². The van der Waals surface area contributed by atoms with Crippen LogP contribution in [0.5, 0.6) is 0 Å². The summed E-state index contributed by atoms with van der Waals surface area (Å²) in [4.78, 5) is 4.29. The molecule has 1 N–H and O–H groups in total. The molecule has 2 aromatic carbocycles. The highest BCUT2D eigenvalue weighted by molar-refractivity contribution is 7.93. The van der Waals surface area contributed by atoms with E-state index in [9.17, 15) is 12.8 Å². The van der Waals surface area contributed by atoms with Gasteiger partial charge in [0.2, 0.25) is 0 Å². The molecule has 2 heterocycles. The summed E-state index contributed by atoms with van der Waals surface area (Å²) in [5.74, 6) is -0.309. The van der Waals surface area contributed by atoms with Crippen molar-refractivity contribution in [3.05, 3.63) is 84.6 Å². The summed E-state index contributed by atoms with van der Waals surface area (Å²) in [6.07, 6.45) is 4.57. The fourth-order valence-electron chi connectivity index (χ4n) is 2.78. The second kappa shape index (κ2) is 6.81. The summed E-state index contributed by atoms with van der Waals surface area (Å²) in [6, 6.07) is 14.6. The number of hydrogen-bond acceptors (Lipinski definition) is 4. The summed E-state index contributed by atoms with van der Waals surface area (Å²) >= 11 is 0. The first kappa shape index (κ1) is 17.2. The van der Waals surface area contributed by atoms with Gasteiger partial charge in [-0.25, -0.2) is 12.8 Å². The summed E-state index contributed by atoms with van der Waals surface area (Å²) in [5, 5.41) is 4.90. The molecule has 6 nitrogen and oxygen atoms in total. The van der Waals surface area contributed by atoms with Gasteiger partial charge in [-0.05, 0) is 29.8 Å². The van der Waals surface area contributed by atoms with Gasteiger partial charge in [-0.3, -0.25) is 14.4 Å². The average molecular weight is 382 g/mol. The molecule has 0 amide bonds. The van der Waals surface area contributed by atoms with Crippen molar-refractivity contribution in [1.82, 2.24) is 14.8 Å². The Labute approximate surface area is 155 Å². The van der Waals surface area contributed by atoms with Crippen molar-refractivity contribution in [2.24, 2.45) is 0 Å². The third kappa shape index (κ3) is 3.65. The Morgan fingerprint density at radius 3 is 2.63 bits per heavy atom. The van der Waals surface area contributed by atoms with Gasteiger partial charge in [0.15, 0.2) is 0 Å². The molecular formula is C19H15FN4O2S. The van der Waals surface area contributed by atoms with Gasteiger partial charge in [-0.15, -0.1) is 0 Å². The Kier molecular flexibility index (Phi) is 4.33. The predicted octanol–water partition coefficient (Wildman–Crippen LogP) is 3.42. The zero-order chi connectivity index (χ0) is 18.9. The zero-order valence-electron chi connectivity index (χ0n) is 14.1. The van der Waals surface area contributed by atoms with Gasteiger partial charge in [-0.1, -0.05) is 30.3 Å². The molecule has 0 unspecified atom stereocenters. The Morgan fingerprint density at radius 2 is 1.81 bits per heavy atom. The van der Waals surface area contributed by atoms with Gasteiger partial charge in [0.25, 0.3) is 10.0 Å². The van der Waals surface area contributed by atoms with Crippen molar-refractivity contribution in [1.29, 1.82) is 0 Å². The summed E-state index contributed by atoms with van der Waals surface area (Å²) < 4.78 is 42.7. The number of benzene rings is 2. The lowest BCUT2D eigenvalue weighted by Crippen LogP contribution is -2.13. The maximum absolute atomic E-state index is 13.0. The standard InChI is InChI=1S/C19H15FN4O2S/c20-16-8-6-14(7-9-16)12-24-13-17(11-22-24)23-27(25,26)18-5-1-3-15-4-2-10-21-19(15)18/h1-11,13,23H,12H2. The number of rotatable bonds is 5. The normalized spacial score (nSPS) is 11.6. The predicted molar refractivity (Wildman–Crippen MR) is 100 cm³/mol. The number of pyridine rings is 1. The third-order valence-electron chi connectivity index (χ3n) is 4.03. The van der Waals surface area contributed by atoms with Crippen LogP contribution >= 0.6 is 0 Å². The van der Waals surface area contributed by atoms with E-state index in [0.29, 0.717) is 17.7 Å². The SMILES string of the molecule is O=S(=O)(Nc1cnn(Cc2ccc(F)cc2)c1)c1cccc2cccnc12. The Hall–Kier alpha value is -3.26. The molecular weight excluding hydrogens is 367 g/mol. The topological polar surface area (TPSA) is 76.9 Å². The molecule has 0 saturated carbocycles. The number of nitrogens with one attached hydrogen (secondary N) is 1. The van der Waals surface area contributed by atoms with Gasteiger partial charge in [0, 0.05) is 17.8 Å². The zero-order valence-corrected chi connectivity index (χ0v) is 14.9. The van der Waals surface area contributed by atoms with E-state index in [0.717, 1.165) is 10.9 Å². The molecule has 0 aliphatic carbocycles. The molecule has 0 saturated heterocycles. The summed E-state index contributed by atoms with van der Waals surface area (Å²) in [5.41, 5.74) is 1.60. The van der Waals surface area contributed by atoms with E-state index in [1.54, 1.807) is 41.3 Å². The van der Waals surface area contributed by atoms with Gasteiger partial charge < -0.3 is 0 Å². The number of halogens is 1. The monoisotopic (exact) mass is 382 g/mol. The number of para-hydroxylation sites is 1. The summed E-state index contributed by atoms with van der Waals surface area (Å²) in [7, 11) is -3.82. The minimum absolute atomic E-state index is 0.104. The van der Waals surface area contributed by atoms with Gasteiger partial charge in [0.1, 0.15) is 10.7 Å². The van der Waals surface area contributed by atoms with Crippen molar-refractivity contribution in [2.75, 3.05) is 4.72 Å². The number of hydrogen-bond donors (Lipinski definition) is 1. The fourth-order valence-corrected chi connectivity index (χ4v) is 3.99. The first-order valence-corrected chi connectivity index (χ1v) is 9.63. The molecule has 0 bridgehead atoms. The second-order valence-corrected chi connectivity index (χ2v) is 7.64. The highest BCUT2D eigenvalue weighted by atomic mass is 32.2. The largest absolute Gasteiger partial charge is 0.276 e. The second-order valence-electron chi connectivity index (χ2n) is 5.99. The molecule has 0 aliphatic rings. The Morgan fingerprint density at radius 1 is 1.04 bits per heavy atom. The first-order chi connectivity index (χ1) is 13.0. The first-order valence-electron chi connectivity index (χ1n) is 8.15. The van der Waals surface area contributed by atoms with Gasteiger partial charge in [-0.2, -0.15) is 5.10 Å². The fraction of sp³-hybridized carbons (Fsp3) is 0.0526. The molecule has 0 fully saturated rings. The molecule has 0 spiro atoms. The van der Waals surface area contributed by atoms with Crippen LogP contribution in [0.15, 0.2) is 78.1 Å². The van der Waals surface area contributed by atoms with Crippen molar-refractivity contribution in [3.8, 4) is 0 Å². The highest BCUT2D eigenvalue weighted by Gasteiger charge is 2.19. The van der Waals surface area contributed by atoms with E-state index >= 15 is 0 Å². The van der Waals surface area contributed by atoms with Crippen molar-refractivity contribution in [2.45, 2.75) is 11.4 Å². The lowest BCUT2D eigenvalue weighted by atomic mass is 10.2. The molecule has 4 aromatic rings. The molecule has 0 radical (unpaired) electrons. The molecule has 0 atom stereocenters. The van der Waals surface area contributed by atoms with Crippen LogP contribution in [0.2, 0.25) is 0 Å². The molecule has 27 heavy (non-hydrogen) atoms. The van der Waals surface area contributed by atoms with E-state index in [4.69, 9.17) is 0 Å². The van der Waals surface area contributed by atoms with Crippen molar-refractivity contribution in [3.63, 3.8) is 0 Å². The maximum atomic E-state index is 13.0. The number of anilines is 1. The Bertz CT molecular complexity index is 1200. The quantitative estimate of drug-likeness (QED) is 0.574. The average Bonchev–Trinajstić information content (AvgIpc) is 3.09. The van der Waals surface area contributed by atoms with Crippen LogP contribution in [-0.2, 0) is 16.6 Å². The van der Waals surface area contributed by atoms with Crippen LogP contribution < -0.4 is 4.72 Å². The maximum Gasteiger partial charge on any atom is 0.264 e. The van der Waals surface area contributed by atoms with Crippen molar-refractivity contribution < 1.29 is 12.8 Å². The highest BCUT2D eigenvalue weighted by Crippen LogP contribution is 2.23.